The highest BCUT2D eigenvalue weighted by atomic mass is 16.4. The number of nitrogens with one attached hydrogen (secondary N) is 1. The predicted molar refractivity (Wildman–Crippen MR) is 78.1 cm³/mol. The second-order valence-corrected chi connectivity index (χ2v) is 5.60. The van der Waals surface area contributed by atoms with Gasteiger partial charge in [0.05, 0.1) is 0 Å². The van der Waals surface area contributed by atoms with Gasteiger partial charge < -0.3 is 16.2 Å². The van der Waals surface area contributed by atoms with Crippen LogP contribution >= 0.6 is 0 Å². The Kier molecular flexibility index (Phi) is 6.20. The molecule has 114 valence electrons. The zero-order valence-corrected chi connectivity index (χ0v) is 12.6. The Morgan fingerprint density at radius 2 is 2.05 bits per heavy atom. The molecule has 1 aliphatic carbocycles. The van der Waals surface area contributed by atoms with Crippen LogP contribution in [-0.2, 0) is 9.59 Å². The van der Waals surface area contributed by atoms with Crippen LogP contribution in [0.2, 0.25) is 0 Å². The van der Waals surface area contributed by atoms with Crippen molar-refractivity contribution in [2.75, 3.05) is 0 Å². The summed E-state index contributed by atoms with van der Waals surface area (Å²) in [4.78, 5) is 22.5. The van der Waals surface area contributed by atoms with Crippen molar-refractivity contribution < 1.29 is 14.7 Å². The highest BCUT2D eigenvalue weighted by Gasteiger charge is 2.35. The minimum Gasteiger partial charge on any atom is -0.478 e. The van der Waals surface area contributed by atoms with E-state index in [2.05, 4.69) is 19.2 Å². The topological polar surface area (TPSA) is 92.4 Å². The molecule has 1 rings (SSSR count). The molecule has 4 N–H and O–H groups in total. The van der Waals surface area contributed by atoms with E-state index < -0.39 is 5.97 Å². The fraction of sp³-hybridized carbons (Fsp3) is 0.733. The van der Waals surface area contributed by atoms with Crippen molar-refractivity contribution in [1.82, 2.24) is 5.32 Å². The molecule has 1 amide bonds. The molecular formula is C15H26N2O3. The van der Waals surface area contributed by atoms with Crippen LogP contribution in [0.5, 0.6) is 0 Å². The molecule has 0 heterocycles. The molecule has 20 heavy (non-hydrogen) atoms. The van der Waals surface area contributed by atoms with Crippen molar-refractivity contribution in [2.45, 2.75) is 58.5 Å². The van der Waals surface area contributed by atoms with Crippen molar-refractivity contribution in [3.8, 4) is 0 Å². The standard InChI is InChI=1S/C15H26N2O3/c1-4-10(5-2)14(17-9(3)18)12-7-6-11(15(19)20)8-13(12)16/h6,10,12-14H,4-5,7-8,16H2,1-3H3,(H,17,18)(H,19,20)/t12-,13-,14-/m0/s1. The van der Waals surface area contributed by atoms with Gasteiger partial charge in [-0.2, -0.15) is 0 Å². The molecule has 0 spiro atoms. The summed E-state index contributed by atoms with van der Waals surface area (Å²) in [6, 6.07) is -0.201. The Bertz CT molecular complexity index is 389. The van der Waals surface area contributed by atoms with Crippen LogP contribution in [0.25, 0.3) is 0 Å². The van der Waals surface area contributed by atoms with E-state index >= 15 is 0 Å². The van der Waals surface area contributed by atoms with Gasteiger partial charge in [0, 0.05) is 24.6 Å². The van der Waals surface area contributed by atoms with E-state index in [0.29, 0.717) is 24.3 Å². The number of aliphatic carboxylic acids is 1. The maximum atomic E-state index is 11.5. The number of rotatable bonds is 6. The maximum Gasteiger partial charge on any atom is 0.331 e. The van der Waals surface area contributed by atoms with Crippen LogP contribution in [0.3, 0.4) is 0 Å². The van der Waals surface area contributed by atoms with Crippen LogP contribution in [0.1, 0.15) is 46.5 Å². The average molecular weight is 282 g/mol. The van der Waals surface area contributed by atoms with Gasteiger partial charge in [-0.05, 0) is 24.7 Å². The van der Waals surface area contributed by atoms with E-state index in [4.69, 9.17) is 10.8 Å². The molecule has 0 aliphatic heterocycles. The minimum absolute atomic E-state index is 0.0177. The van der Waals surface area contributed by atoms with E-state index in [1.54, 1.807) is 6.08 Å². The van der Waals surface area contributed by atoms with Gasteiger partial charge in [-0.25, -0.2) is 4.79 Å². The molecule has 0 saturated carbocycles. The zero-order chi connectivity index (χ0) is 15.3. The van der Waals surface area contributed by atoms with Gasteiger partial charge in [-0.3, -0.25) is 4.79 Å². The van der Waals surface area contributed by atoms with Crippen LogP contribution < -0.4 is 11.1 Å². The summed E-state index contributed by atoms with van der Waals surface area (Å²) in [5, 5.41) is 12.1. The lowest BCUT2D eigenvalue weighted by atomic mass is 9.75. The quantitative estimate of drug-likeness (QED) is 0.691. The Morgan fingerprint density at radius 3 is 2.45 bits per heavy atom. The molecule has 3 atom stereocenters. The van der Waals surface area contributed by atoms with Gasteiger partial charge in [-0.1, -0.05) is 32.8 Å². The Balaban J connectivity index is 2.91. The number of hydrogen-bond donors (Lipinski definition) is 3. The minimum atomic E-state index is -0.891. The maximum absolute atomic E-state index is 11.5. The van der Waals surface area contributed by atoms with Gasteiger partial charge in [-0.15, -0.1) is 0 Å². The van der Waals surface area contributed by atoms with Crippen molar-refractivity contribution >= 4 is 11.9 Å². The normalized spacial score (nSPS) is 24.1. The first kappa shape index (κ1) is 16.7. The lowest BCUT2D eigenvalue weighted by Gasteiger charge is -2.38. The smallest absolute Gasteiger partial charge is 0.331 e. The SMILES string of the molecule is CCC(CC)[C@H](NC(C)=O)[C@H]1CC=C(C(=O)O)C[C@@H]1N. The van der Waals surface area contributed by atoms with Crippen LogP contribution in [0, 0.1) is 11.8 Å². The highest BCUT2D eigenvalue weighted by molar-refractivity contribution is 5.86. The Morgan fingerprint density at radius 1 is 1.45 bits per heavy atom. The molecule has 0 aromatic carbocycles. The zero-order valence-electron chi connectivity index (χ0n) is 12.6. The number of carbonyl (C=O) groups is 2. The molecule has 0 aromatic rings. The second kappa shape index (κ2) is 7.43. The van der Waals surface area contributed by atoms with Crippen molar-refractivity contribution in [3.05, 3.63) is 11.6 Å². The molecule has 0 saturated heterocycles. The molecule has 5 nitrogen and oxygen atoms in total. The molecule has 0 aromatic heterocycles. The molecule has 1 aliphatic rings. The van der Waals surface area contributed by atoms with Crippen LogP contribution in [0.4, 0.5) is 0 Å². The molecule has 0 bridgehead atoms. The lowest BCUT2D eigenvalue weighted by Crippen LogP contribution is -2.51. The summed E-state index contributed by atoms with van der Waals surface area (Å²) < 4.78 is 0. The first-order valence-corrected chi connectivity index (χ1v) is 7.35. The van der Waals surface area contributed by atoms with Gasteiger partial charge in [0.2, 0.25) is 5.91 Å². The van der Waals surface area contributed by atoms with Gasteiger partial charge in [0.15, 0.2) is 0 Å². The lowest BCUT2D eigenvalue weighted by molar-refractivity contribution is -0.133. The number of nitrogens with two attached hydrogens (primary N) is 1. The molecular weight excluding hydrogens is 256 g/mol. The van der Waals surface area contributed by atoms with Crippen molar-refractivity contribution in [3.63, 3.8) is 0 Å². The predicted octanol–water partition coefficient (Wildman–Crippen LogP) is 1.68. The number of hydrogen-bond acceptors (Lipinski definition) is 3. The summed E-state index contributed by atoms with van der Waals surface area (Å²) in [5.74, 6) is -0.471. The summed E-state index contributed by atoms with van der Waals surface area (Å²) in [6.45, 7) is 5.73. The van der Waals surface area contributed by atoms with E-state index in [0.717, 1.165) is 12.8 Å². The van der Waals surface area contributed by atoms with Gasteiger partial charge in [0.25, 0.3) is 0 Å². The fourth-order valence-corrected chi connectivity index (χ4v) is 3.14. The van der Waals surface area contributed by atoms with E-state index in [1.807, 2.05) is 0 Å². The molecule has 0 radical (unpaired) electrons. The number of amides is 1. The first-order chi connectivity index (χ1) is 9.40. The molecule has 5 heteroatoms. The third-order valence-electron chi connectivity index (χ3n) is 4.30. The van der Waals surface area contributed by atoms with E-state index in [9.17, 15) is 9.59 Å². The summed E-state index contributed by atoms with van der Waals surface area (Å²) in [5.41, 5.74) is 6.56. The average Bonchev–Trinajstić information content (AvgIpc) is 2.38. The monoisotopic (exact) mass is 282 g/mol. The second-order valence-electron chi connectivity index (χ2n) is 5.60. The largest absolute Gasteiger partial charge is 0.478 e. The van der Waals surface area contributed by atoms with E-state index in [-0.39, 0.29) is 23.9 Å². The summed E-state index contributed by atoms with van der Waals surface area (Å²) >= 11 is 0. The Hall–Kier alpha value is -1.36. The third-order valence-corrected chi connectivity index (χ3v) is 4.30. The summed E-state index contributed by atoms with van der Waals surface area (Å²) in [7, 11) is 0. The fourth-order valence-electron chi connectivity index (χ4n) is 3.14. The highest BCUT2D eigenvalue weighted by Crippen LogP contribution is 2.31. The van der Waals surface area contributed by atoms with Crippen molar-refractivity contribution in [1.29, 1.82) is 0 Å². The van der Waals surface area contributed by atoms with Crippen molar-refractivity contribution in [2.24, 2.45) is 17.6 Å². The van der Waals surface area contributed by atoms with Gasteiger partial charge in [0.1, 0.15) is 0 Å². The van der Waals surface area contributed by atoms with Crippen LogP contribution in [-0.4, -0.2) is 29.1 Å². The number of carbonyl (C=O) groups excluding carboxylic acids is 1. The molecule has 0 fully saturated rings. The molecule has 0 unspecified atom stereocenters. The Labute approximate surface area is 120 Å². The third kappa shape index (κ3) is 4.07. The van der Waals surface area contributed by atoms with Gasteiger partial charge >= 0.3 is 5.97 Å². The number of allylic oxidation sites excluding steroid dienone is 1. The number of carboxylic acid groups (broad SMARTS) is 1. The van der Waals surface area contributed by atoms with E-state index in [1.165, 1.54) is 6.92 Å². The first-order valence-electron chi connectivity index (χ1n) is 7.35. The number of carboxylic acids is 1. The van der Waals surface area contributed by atoms with Crippen LogP contribution in [0.15, 0.2) is 11.6 Å². The summed E-state index contributed by atoms with van der Waals surface area (Å²) in [6.07, 6.45) is 4.69.